The Bertz CT molecular complexity index is 487. The summed E-state index contributed by atoms with van der Waals surface area (Å²) in [5.41, 5.74) is 1.02. The molecule has 2 amide bonds. The van der Waals surface area contributed by atoms with Gasteiger partial charge in [-0.1, -0.05) is 13.8 Å². The summed E-state index contributed by atoms with van der Waals surface area (Å²) in [5, 5.41) is 14.5. The lowest BCUT2D eigenvalue weighted by Crippen LogP contribution is -2.40. The van der Waals surface area contributed by atoms with Crippen molar-refractivity contribution in [2.75, 3.05) is 18.5 Å². The molecule has 0 heterocycles. The Balaban J connectivity index is 2.53. The van der Waals surface area contributed by atoms with Gasteiger partial charge in [0.05, 0.1) is 12.2 Å². The quantitative estimate of drug-likeness (QED) is 0.675. The summed E-state index contributed by atoms with van der Waals surface area (Å²) in [4.78, 5) is 23.5. The van der Waals surface area contributed by atoms with Gasteiger partial charge >= 0.3 is 12.0 Å². The molecule has 1 rings (SSSR count). The predicted molar refractivity (Wildman–Crippen MR) is 84.9 cm³/mol. The largest absolute Gasteiger partial charge is 0.462 e. The molecule has 6 heteroatoms. The van der Waals surface area contributed by atoms with Gasteiger partial charge in [-0.15, -0.1) is 0 Å². The smallest absolute Gasteiger partial charge is 0.338 e. The van der Waals surface area contributed by atoms with Crippen LogP contribution in [0.3, 0.4) is 0 Å². The number of carbonyl (C=O) groups is 2. The van der Waals surface area contributed by atoms with Crippen molar-refractivity contribution in [3.05, 3.63) is 29.8 Å². The van der Waals surface area contributed by atoms with E-state index in [4.69, 9.17) is 9.84 Å². The van der Waals surface area contributed by atoms with E-state index < -0.39 is 0 Å². The van der Waals surface area contributed by atoms with Crippen LogP contribution in [-0.2, 0) is 4.74 Å². The van der Waals surface area contributed by atoms with E-state index >= 15 is 0 Å². The molecule has 3 N–H and O–H groups in total. The maximum Gasteiger partial charge on any atom is 0.338 e. The number of carbonyl (C=O) groups excluding carboxylic acids is 2. The average Bonchev–Trinajstić information content (AvgIpc) is 2.52. The molecular formula is C16H24N2O4. The molecule has 0 fully saturated rings. The minimum absolute atomic E-state index is 0.00994. The van der Waals surface area contributed by atoms with Gasteiger partial charge < -0.3 is 20.5 Å². The van der Waals surface area contributed by atoms with Gasteiger partial charge in [-0.3, -0.25) is 0 Å². The molecule has 2 atom stereocenters. The van der Waals surface area contributed by atoms with E-state index in [9.17, 15) is 9.59 Å². The highest BCUT2D eigenvalue weighted by Gasteiger charge is 2.14. The fourth-order valence-electron chi connectivity index (χ4n) is 1.64. The summed E-state index contributed by atoms with van der Waals surface area (Å²) in [7, 11) is 0. The highest BCUT2D eigenvalue weighted by atomic mass is 16.5. The summed E-state index contributed by atoms with van der Waals surface area (Å²) in [6, 6.07) is 5.99. The van der Waals surface area contributed by atoms with E-state index in [1.165, 1.54) is 0 Å². The van der Waals surface area contributed by atoms with Gasteiger partial charge in [-0.05, 0) is 43.5 Å². The second-order valence-corrected chi connectivity index (χ2v) is 5.26. The Morgan fingerprint density at radius 1 is 1.23 bits per heavy atom. The van der Waals surface area contributed by atoms with Gasteiger partial charge in [0.15, 0.2) is 0 Å². The van der Waals surface area contributed by atoms with Crippen molar-refractivity contribution in [1.82, 2.24) is 5.32 Å². The Labute approximate surface area is 130 Å². The number of nitrogens with one attached hydrogen (secondary N) is 2. The van der Waals surface area contributed by atoms with E-state index in [1.807, 2.05) is 20.8 Å². The van der Waals surface area contributed by atoms with Crippen molar-refractivity contribution in [3.8, 4) is 0 Å². The zero-order valence-electron chi connectivity index (χ0n) is 13.3. The monoisotopic (exact) mass is 308 g/mol. The van der Waals surface area contributed by atoms with Crippen LogP contribution in [-0.4, -0.2) is 36.4 Å². The molecule has 0 aliphatic carbocycles. The van der Waals surface area contributed by atoms with Crippen LogP contribution in [0.25, 0.3) is 0 Å². The van der Waals surface area contributed by atoms with Gasteiger partial charge in [0.25, 0.3) is 0 Å². The van der Waals surface area contributed by atoms with Crippen LogP contribution in [0.4, 0.5) is 10.5 Å². The molecule has 0 aromatic heterocycles. The molecule has 6 nitrogen and oxygen atoms in total. The summed E-state index contributed by atoms with van der Waals surface area (Å²) >= 11 is 0. The number of amides is 2. The molecule has 2 unspecified atom stereocenters. The molecule has 0 saturated carbocycles. The molecule has 0 radical (unpaired) electrons. The maximum absolute atomic E-state index is 11.8. The van der Waals surface area contributed by atoms with E-state index in [0.717, 1.165) is 6.42 Å². The number of aliphatic hydroxyl groups excluding tert-OH is 1. The molecule has 1 aromatic rings. The number of benzene rings is 1. The molecule has 1 aromatic carbocycles. The Kier molecular flexibility index (Phi) is 7.39. The van der Waals surface area contributed by atoms with Crippen LogP contribution < -0.4 is 10.6 Å². The fraction of sp³-hybridized carbons (Fsp3) is 0.500. The van der Waals surface area contributed by atoms with E-state index in [1.54, 1.807) is 24.3 Å². The standard InChI is InChI=1S/C16H24N2O4/c1-4-9-22-15(20)13-5-7-14(8-6-13)18-16(21)17-12(3)11(2)10-19/h5-8,11-12,19H,4,9-10H2,1-3H3,(H2,17,18,21). The summed E-state index contributed by atoms with van der Waals surface area (Å²) in [6.45, 7) is 6.00. The first-order valence-electron chi connectivity index (χ1n) is 7.43. The molecular weight excluding hydrogens is 284 g/mol. The number of hydrogen-bond acceptors (Lipinski definition) is 4. The third-order valence-corrected chi connectivity index (χ3v) is 3.32. The molecule has 0 aliphatic heterocycles. The van der Waals surface area contributed by atoms with Gasteiger partial charge in [0, 0.05) is 18.3 Å². The highest BCUT2D eigenvalue weighted by molar-refractivity contribution is 5.92. The first-order valence-corrected chi connectivity index (χ1v) is 7.43. The fourth-order valence-corrected chi connectivity index (χ4v) is 1.64. The summed E-state index contributed by atoms with van der Waals surface area (Å²) in [6.07, 6.45) is 0.774. The third-order valence-electron chi connectivity index (χ3n) is 3.32. The van der Waals surface area contributed by atoms with E-state index in [0.29, 0.717) is 17.9 Å². The molecule has 0 spiro atoms. The zero-order chi connectivity index (χ0) is 16.5. The highest BCUT2D eigenvalue weighted by Crippen LogP contribution is 2.11. The van der Waals surface area contributed by atoms with Gasteiger partial charge in [-0.25, -0.2) is 9.59 Å². The van der Waals surface area contributed by atoms with Gasteiger partial charge in [0.1, 0.15) is 0 Å². The number of rotatable bonds is 7. The van der Waals surface area contributed by atoms with Gasteiger partial charge in [0.2, 0.25) is 0 Å². The van der Waals surface area contributed by atoms with Crippen molar-refractivity contribution in [2.45, 2.75) is 33.2 Å². The topological polar surface area (TPSA) is 87.7 Å². The first-order chi connectivity index (χ1) is 10.5. The molecule has 122 valence electrons. The van der Waals surface area contributed by atoms with E-state index in [2.05, 4.69) is 10.6 Å². The zero-order valence-corrected chi connectivity index (χ0v) is 13.3. The Morgan fingerprint density at radius 3 is 2.41 bits per heavy atom. The van der Waals surface area contributed by atoms with Crippen molar-refractivity contribution in [2.24, 2.45) is 5.92 Å². The lowest BCUT2D eigenvalue weighted by atomic mass is 10.1. The molecule has 0 bridgehead atoms. The molecule has 0 saturated heterocycles. The van der Waals surface area contributed by atoms with Crippen LogP contribution in [0.2, 0.25) is 0 Å². The number of anilines is 1. The second-order valence-electron chi connectivity index (χ2n) is 5.26. The van der Waals surface area contributed by atoms with Crippen molar-refractivity contribution in [1.29, 1.82) is 0 Å². The number of aliphatic hydroxyl groups is 1. The minimum Gasteiger partial charge on any atom is -0.462 e. The SMILES string of the molecule is CCCOC(=O)c1ccc(NC(=O)NC(C)C(C)CO)cc1. The molecule has 22 heavy (non-hydrogen) atoms. The lowest BCUT2D eigenvalue weighted by Gasteiger charge is -2.19. The van der Waals surface area contributed by atoms with E-state index in [-0.39, 0.29) is 30.6 Å². The third kappa shape index (κ3) is 5.73. The lowest BCUT2D eigenvalue weighted by molar-refractivity contribution is 0.0505. The van der Waals surface area contributed by atoms with Crippen molar-refractivity contribution in [3.63, 3.8) is 0 Å². The second kappa shape index (κ2) is 9.04. The van der Waals surface area contributed by atoms with Crippen LogP contribution in [0.5, 0.6) is 0 Å². The molecule has 0 aliphatic rings. The Morgan fingerprint density at radius 2 is 1.86 bits per heavy atom. The number of ether oxygens (including phenoxy) is 1. The summed E-state index contributed by atoms with van der Waals surface area (Å²) < 4.78 is 5.03. The van der Waals surface area contributed by atoms with Crippen LogP contribution in [0.1, 0.15) is 37.6 Å². The van der Waals surface area contributed by atoms with Crippen molar-refractivity contribution >= 4 is 17.7 Å². The summed E-state index contributed by atoms with van der Waals surface area (Å²) in [5.74, 6) is -0.398. The van der Waals surface area contributed by atoms with Crippen LogP contribution >= 0.6 is 0 Å². The number of urea groups is 1. The maximum atomic E-state index is 11.8. The number of hydrogen-bond donors (Lipinski definition) is 3. The predicted octanol–water partition coefficient (Wildman–Crippen LogP) is 2.39. The normalized spacial score (nSPS) is 13.1. The number of esters is 1. The van der Waals surface area contributed by atoms with Crippen LogP contribution in [0.15, 0.2) is 24.3 Å². The first kappa shape index (κ1) is 18.0. The Hall–Kier alpha value is -2.08. The van der Waals surface area contributed by atoms with Crippen LogP contribution in [0, 0.1) is 5.92 Å². The minimum atomic E-state index is -0.372. The van der Waals surface area contributed by atoms with Gasteiger partial charge in [-0.2, -0.15) is 0 Å². The van der Waals surface area contributed by atoms with Crippen molar-refractivity contribution < 1.29 is 19.4 Å². The average molecular weight is 308 g/mol.